The largest absolute Gasteiger partial charge is 0.452 e. The molecule has 1 atom stereocenters. The molecule has 1 heterocycles. The zero-order valence-electron chi connectivity index (χ0n) is 16.3. The highest BCUT2D eigenvalue weighted by molar-refractivity contribution is 7.99. The summed E-state index contributed by atoms with van der Waals surface area (Å²) in [5.74, 6) is -0.362. The molecule has 0 fully saturated rings. The monoisotopic (exact) mass is 434 g/mol. The molecular weight excluding hydrogens is 416 g/mol. The summed E-state index contributed by atoms with van der Waals surface area (Å²) in [5.41, 5.74) is 1.80. The van der Waals surface area contributed by atoms with E-state index in [9.17, 15) is 19.7 Å². The lowest BCUT2D eigenvalue weighted by molar-refractivity contribution is -0.384. The number of hydrogen-bond acceptors (Lipinski definition) is 6. The van der Waals surface area contributed by atoms with Crippen molar-refractivity contribution in [3.05, 3.63) is 100 Å². The third-order valence-corrected chi connectivity index (χ3v) is 6.07. The fourth-order valence-electron chi connectivity index (χ4n) is 3.42. The average Bonchev–Trinajstić information content (AvgIpc) is 2.82. The molecule has 3 aromatic carbocycles. The number of non-ortho nitro benzene ring substituents is 1. The Bertz CT molecular complexity index is 1120. The van der Waals surface area contributed by atoms with Crippen molar-refractivity contribution in [2.75, 3.05) is 17.3 Å². The van der Waals surface area contributed by atoms with Crippen LogP contribution >= 0.6 is 11.8 Å². The van der Waals surface area contributed by atoms with E-state index in [4.69, 9.17) is 4.74 Å². The molecule has 3 aromatic rings. The van der Waals surface area contributed by atoms with E-state index >= 15 is 0 Å². The number of carbonyl (C=O) groups excluding carboxylic acids is 2. The number of nitro groups is 1. The topological polar surface area (TPSA) is 89.8 Å². The van der Waals surface area contributed by atoms with Gasteiger partial charge in [0, 0.05) is 22.8 Å². The Balaban J connectivity index is 1.53. The van der Waals surface area contributed by atoms with E-state index in [-0.39, 0.29) is 23.2 Å². The van der Waals surface area contributed by atoms with Gasteiger partial charge in [0.1, 0.15) is 0 Å². The maximum Gasteiger partial charge on any atom is 0.338 e. The molecule has 8 heteroatoms. The van der Waals surface area contributed by atoms with Gasteiger partial charge in [-0.3, -0.25) is 19.8 Å². The molecule has 0 radical (unpaired) electrons. The second-order valence-electron chi connectivity index (χ2n) is 6.85. The third kappa shape index (κ3) is 4.44. The summed E-state index contributed by atoms with van der Waals surface area (Å²) >= 11 is 1.68. The van der Waals surface area contributed by atoms with Crippen molar-refractivity contribution in [2.45, 2.75) is 10.9 Å². The summed E-state index contributed by atoms with van der Waals surface area (Å²) in [6, 6.07) is 22.2. The molecule has 1 aliphatic rings. The minimum absolute atomic E-state index is 0.124. The first-order valence-electron chi connectivity index (χ1n) is 9.55. The van der Waals surface area contributed by atoms with Crippen LogP contribution in [-0.2, 0) is 9.53 Å². The SMILES string of the molecule is O=C(OCC(=O)N1c2ccccc2SCC1c1ccccc1)c1ccc([N+](=O)[O-])cc1. The van der Waals surface area contributed by atoms with Crippen molar-refractivity contribution >= 4 is 35.0 Å². The van der Waals surface area contributed by atoms with E-state index < -0.39 is 17.5 Å². The van der Waals surface area contributed by atoms with Gasteiger partial charge in [0.05, 0.1) is 22.2 Å². The maximum absolute atomic E-state index is 13.2. The van der Waals surface area contributed by atoms with Crippen LogP contribution in [0.1, 0.15) is 22.0 Å². The smallest absolute Gasteiger partial charge is 0.338 e. The van der Waals surface area contributed by atoms with E-state index in [1.54, 1.807) is 16.7 Å². The molecule has 0 N–H and O–H groups in total. The third-order valence-electron chi connectivity index (χ3n) is 4.93. The Hall–Kier alpha value is -3.65. The Kier molecular flexibility index (Phi) is 5.99. The lowest BCUT2D eigenvalue weighted by Gasteiger charge is -2.37. The van der Waals surface area contributed by atoms with Gasteiger partial charge >= 0.3 is 5.97 Å². The summed E-state index contributed by atoms with van der Waals surface area (Å²) in [6.45, 7) is -0.432. The number of fused-ring (bicyclic) bond motifs is 1. The number of anilines is 1. The van der Waals surface area contributed by atoms with Gasteiger partial charge in [-0.2, -0.15) is 0 Å². The van der Waals surface area contributed by atoms with Gasteiger partial charge in [-0.25, -0.2) is 4.79 Å². The molecule has 0 aromatic heterocycles. The predicted octanol–water partition coefficient (Wildman–Crippen LogP) is 4.63. The molecule has 1 amide bonds. The van der Waals surface area contributed by atoms with Gasteiger partial charge in [-0.15, -0.1) is 11.8 Å². The van der Waals surface area contributed by atoms with Gasteiger partial charge in [0.25, 0.3) is 11.6 Å². The molecule has 0 bridgehead atoms. The number of para-hydroxylation sites is 1. The lowest BCUT2D eigenvalue weighted by atomic mass is 10.1. The molecule has 0 spiro atoms. The van der Waals surface area contributed by atoms with Crippen LogP contribution in [0.15, 0.2) is 83.8 Å². The van der Waals surface area contributed by atoms with Crippen molar-refractivity contribution in [3.8, 4) is 0 Å². The van der Waals surface area contributed by atoms with Gasteiger partial charge in [-0.05, 0) is 29.8 Å². The first-order valence-corrected chi connectivity index (χ1v) is 10.5. The molecule has 7 nitrogen and oxygen atoms in total. The van der Waals surface area contributed by atoms with Crippen molar-refractivity contribution in [1.82, 2.24) is 0 Å². The molecule has 0 saturated heterocycles. The highest BCUT2D eigenvalue weighted by Crippen LogP contribution is 2.43. The minimum Gasteiger partial charge on any atom is -0.452 e. The van der Waals surface area contributed by atoms with Crippen LogP contribution in [0.5, 0.6) is 0 Å². The summed E-state index contributed by atoms with van der Waals surface area (Å²) in [6.07, 6.45) is 0. The zero-order chi connectivity index (χ0) is 21.8. The standard InChI is InChI=1S/C23H18N2O5S/c26-22(14-30-23(27)17-10-12-18(13-11-17)25(28)29)24-19-8-4-5-9-21(19)31-15-20(24)16-6-2-1-3-7-16/h1-13,20H,14-15H2. The number of carbonyl (C=O) groups is 2. The number of hydrogen-bond donors (Lipinski definition) is 0. The van der Waals surface area contributed by atoms with Crippen molar-refractivity contribution in [1.29, 1.82) is 0 Å². The number of nitro benzene ring substituents is 1. The van der Waals surface area contributed by atoms with E-state index in [1.165, 1.54) is 24.3 Å². The predicted molar refractivity (Wildman–Crippen MR) is 117 cm³/mol. The first-order chi connectivity index (χ1) is 15.0. The van der Waals surface area contributed by atoms with E-state index in [0.717, 1.165) is 16.1 Å². The molecular formula is C23H18N2O5S. The Morgan fingerprint density at radius 3 is 2.39 bits per heavy atom. The highest BCUT2D eigenvalue weighted by Gasteiger charge is 2.33. The van der Waals surface area contributed by atoms with Crippen molar-refractivity contribution in [3.63, 3.8) is 0 Å². The van der Waals surface area contributed by atoms with Crippen molar-refractivity contribution < 1.29 is 19.2 Å². The Morgan fingerprint density at radius 2 is 1.68 bits per heavy atom. The summed E-state index contributed by atoms with van der Waals surface area (Å²) < 4.78 is 5.24. The van der Waals surface area contributed by atoms with Crippen LogP contribution in [0.2, 0.25) is 0 Å². The number of thioether (sulfide) groups is 1. The second kappa shape index (κ2) is 9.01. The normalized spacial score (nSPS) is 15.1. The van der Waals surface area contributed by atoms with Gasteiger partial charge in [0.15, 0.2) is 6.61 Å². The van der Waals surface area contributed by atoms with Crippen LogP contribution in [0.25, 0.3) is 0 Å². The maximum atomic E-state index is 13.2. The van der Waals surface area contributed by atoms with E-state index in [2.05, 4.69) is 0 Å². The molecule has 0 saturated carbocycles. The average molecular weight is 434 g/mol. The number of nitrogens with zero attached hydrogens (tertiary/aromatic N) is 2. The first kappa shape index (κ1) is 20.6. The molecule has 0 aliphatic carbocycles. The second-order valence-corrected chi connectivity index (χ2v) is 7.91. The van der Waals surface area contributed by atoms with Gasteiger partial charge < -0.3 is 4.74 Å². The minimum atomic E-state index is -0.709. The van der Waals surface area contributed by atoms with Gasteiger partial charge in [-0.1, -0.05) is 42.5 Å². The summed E-state index contributed by atoms with van der Waals surface area (Å²) in [7, 11) is 0. The molecule has 31 heavy (non-hydrogen) atoms. The van der Waals surface area contributed by atoms with Crippen LogP contribution in [0.4, 0.5) is 11.4 Å². The fourth-order valence-corrected chi connectivity index (χ4v) is 4.59. The van der Waals surface area contributed by atoms with Crippen LogP contribution in [0.3, 0.4) is 0 Å². The Labute approximate surface area is 182 Å². The number of amides is 1. The number of ether oxygens (including phenoxy) is 1. The molecule has 1 unspecified atom stereocenters. The highest BCUT2D eigenvalue weighted by atomic mass is 32.2. The van der Waals surface area contributed by atoms with E-state index in [0.29, 0.717) is 5.75 Å². The number of benzene rings is 3. The molecule has 1 aliphatic heterocycles. The van der Waals surface area contributed by atoms with Crippen LogP contribution in [-0.4, -0.2) is 29.2 Å². The van der Waals surface area contributed by atoms with E-state index in [1.807, 2.05) is 54.6 Å². The lowest BCUT2D eigenvalue weighted by Crippen LogP contribution is -2.41. The fraction of sp³-hybridized carbons (Fsp3) is 0.130. The number of esters is 1. The molecule has 4 rings (SSSR count). The van der Waals surface area contributed by atoms with Crippen LogP contribution in [0, 0.1) is 10.1 Å². The van der Waals surface area contributed by atoms with Crippen molar-refractivity contribution in [2.24, 2.45) is 0 Å². The summed E-state index contributed by atoms with van der Waals surface area (Å²) in [4.78, 5) is 38.4. The Morgan fingerprint density at radius 1 is 1.00 bits per heavy atom. The van der Waals surface area contributed by atoms with Gasteiger partial charge in [0.2, 0.25) is 0 Å². The summed E-state index contributed by atoms with van der Waals surface area (Å²) in [5, 5.41) is 10.8. The zero-order valence-corrected chi connectivity index (χ0v) is 17.2. The number of rotatable bonds is 5. The van der Waals surface area contributed by atoms with Crippen LogP contribution < -0.4 is 4.90 Å². The molecule has 156 valence electrons. The quantitative estimate of drug-likeness (QED) is 0.330.